The van der Waals surface area contributed by atoms with Crippen molar-refractivity contribution in [2.24, 2.45) is 10.9 Å². The van der Waals surface area contributed by atoms with E-state index >= 15 is 0 Å². The summed E-state index contributed by atoms with van der Waals surface area (Å²) in [5, 5.41) is 6.75. The number of anilines is 1. The predicted octanol–water partition coefficient (Wildman–Crippen LogP) is 1.95. The van der Waals surface area contributed by atoms with Crippen LogP contribution in [0.4, 0.5) is 5.82 Å². The van der Waals surface area contributed by atoms with E-state index in [0.29, 0.717) is 12.5 Å². The van der Waals surface area contributed by atoms with Crippen LogP contribution in [0.2, 0.25) is 0 Å². The van der Waals surface area contributed by atoms with E-state index in [1.165, 1.54) is 5.56 Å². The lowest BCUT2D eigenvalue weighted by molar-refractivity contribution is 0.0888. The van der Waals surface area contributed by atoms with Crippen molar-refractivity contribution in [3.05, 3.63) is 23.9 Å². The molecule has 0 bridgehead atoms. The quantitative estimate of drug-likeness (QED) is 0.201. The number of halogens is 1. The molecule has 31 heavy (non-hydrogen) atoms. The number of pyridine rings is 1. The molecule has 3 rings (SSSR count). The minimum absolute atomic E-state index is 0. The first kappa shape index (κ1) is 26.1. The average Bonchev–Trinajstić information content (AvgIpc) is 3.29. The van der Waals surface area contributed by atoms with Gasteiger partial charge in [0.2, 0.25) is 0 Å². The molecule has 1 unspecified atom stereocenters. The summed E-state index contributed by atoms with van der Waals surface area (Å²) in [6, 6.07) is 4.13. The van der Waals surface area contributed by atoms with Crippen LogP contribution in [0, 0.1) is 5.92 Å². The number of piperazine rings is 1. The Hall–Kier alpha value is -1.17. The Kier molecular flexibility index (Phi) is 12.5. The molecule has 1 atom stereocenters. The fraction of sp³-hybridized carbons (Fsp3) is 0.727. The van der Waals surface area contributed by atoms with Crippen molar-refractivity contribution < 1.29 is 9.47 Å². The van der Waals surface area contributed by atoms with Gasteiger partial charge in [0.1, 0.15) is 5.82 Å². The van der Waals surface area contributed by atoms with Gasteiger partial charge in [-0.05, 0) is 32.9 Å². The lowest BCUT2D eigenvalue weighted by Crippen LogP contribution is -2.45. The van der Waals surface area contributed by atoms with Crippen LogP contribution in [0.25, 0.3) is 0 Å². The number of ether oxygens (including phenoxy) is 2. The standard InChI is InChI=1S/C22H38N6O2.HI/c1-3-23-22(25-9-5-14-29-17-19-7-15-30-18-19)26-16-20-6-4-8-24-21(20)28-12-10-27(2)11-13-28;/h4,6,8,19H,3,5,7,9-18H2,1-2H3,(H2,23,25,26);1H. The van der Waals surface area contributed by atoms with E-state index in [4.69, 9.17) is 14.5 Å². The summed E-state index contributed by atoms with van der Waals surface area (Å²) < 4.78 is 11.2. The van der Waals surface area contributed by atoms with Crippen LogP contribution < -0.4 is 15.5 Å². The average molecular weight is 546 g/mol. The third-order valence-corrected chi connectivity index (χ3v) is 5.56. The van der Waals surface area contributed by atoms with E-state index in [1.807, 2.05) is 12.3 Å². The van der Waals surface area contributed by atoms with Crippen LogP contribution in [-0.2, 0) is 16.0 Å². The Balaban J connectivity index is 0.00000341. The van der Waals surface area contributed by atoms with Crippen LogP contribution in [0.5, 0.6) is 0 Å². The molecule has 0 aliphatic carbocycles. The number of hydrogen-bond donors (Lipinski definition) is 2. The normalized spacial score (nSPS) is 19.9. The molecular formula is C22H39IN6O2. The molecule has 0 saturated carbocycles. The molecule has 1 aromatic heterocycles. The van der Waals surface area contributed by atoms with Gasteiger partial charge >= 0.3 is 0 Å². The van der Waals surface area contributed by atoms with Gasteiger partial charge in [0.25, 0.3) is 0 Å². The van der Waals surface area contributed by atoms with Crippen LogP contribution >= 0.6 is 24.0 Å². The van der Waals surface area contributed by atoms with Crippen molar-refractivity contribution >= 4 is 35.8 Å². The highest BCUT2D eigenvalue weighted by atomic mass is 127. The predicted molar refractivity (Wildman–Crippen MR) is 137 cm³/mol. The maximum absolute atomic E-state index is 5.78. The van der Waals surface area contributed by atoms with Crippen LogP contribution in [0.3, 0.4) is 0 Å². The molecule has 0 spiro atoms. The highest BCUT2D eigenvalue weighted by Gasteiger charge is 2.18. The van der Waals surface area contributed by atoms with Gasteiger partial charge in [-0.1, -0.05) is 6.07 Å². The zero-order chi connectivity index (χ0) is 21.0. The zero-order valence-corrected chi connectivity index (χ0v) is 21.3. The zero-order valence-electron chi connectivity index (χ0n) is 19.0. The molecule has 0 aromatic carbocycles. The Morgan fingerprint density at radius 3 is 2.87 bits per heavy atom. The molecule has 0 radical (unpaired) electrons. The SMILES string of the molecule is CCNC(=NCc1cccnc1N1CCN(C)CC1)NCCCOCC1CCOC1.I. The van der Waals surface area contributed by atoms with Gasteiger partial charge < -0.3 is 29.9 Å². The van der Waals surface area contributed by atoms with Crippen LogP contribution in [-0.4, -0.2) is 88.6 Å². The fourth-order valence-electron chi connectivity index (χ4n) is 3.71. The van der Waals surface area contributed by atoms with Crippen molar-refractivity contribution in [2.75, 3.05) is 77.6 Å². The van der Waals surface area contributed by atoms with Gasteiger partial charge in [0, 0.05) is 70.2 Å². The second-order valence-electron chi connectivity index (χ2n) is 8.06. The number of aromatic nitrogens is 1. The minimum atomic E-state index is 0. The molecule has 2 fully saturated rings. The monoisotopic (exact) mass is 546 g/mol. The summed E-state index contributed by atoms with van der Waals surface area (Å²) in [5.41, 5.74) is 1.17. The molecule has 2 saturated heterocycles. The van der Waals surface area contributed by atoms with Crippen molar-refractivity contribution in [1.82, 2.24) is 20.5 Å². The highest BCUT2D eigenvalue weighted by Crippen LogP contribution is 2.19. The van der Waals surface area contributed by atoms with Crippen molar-refractivity contribution in [3.63, 3.8) is 0 Å². The molecule has 3 heterocycles. The van der Waals surface area contributed by atoms with E-state index < -0.39 is 0 Å². The third-order valence-electron chi connectivity index (χ3n) is 5.56. The molecule has 8 nitrogen and oxygen atoms in total. The van der Waals surface area contributed by atoms with Crippen molar-refractivity contribution in [1.29, 1.82) is 0 Å². The van der Waals surface area contributed by atoms with Crippen LogP contribution in [0.15, 0.2) is 23.3 Å². The fourth-order valence-corrected chi connectivity index (χ4v) is 3.71. The van der Waals surface area contributed by atoms with Crippen LogP contribution in [0.1, 0.15) is 25.3 Å². The van der Waals surface area contributed by atoms with Gasteiger partial charge in [-0.25, -0.2) is 9.98 Å². The molecule has 0 amide bonds. The molecule has 9 heteroatoms. The Morgan fingerprint density at radius 1 is 1.29 bits per heavy atom. The maximum Gasteiger partial charge on any atom is 0.191 e. The van der Waals surface area contributed by atoms with Gasteiger partial charge in [0.05, 0.1) is 19.8 Å². The van der Waals surface area contributed by atoms with E-state index in [9.17, 15) is 0 Å². The summed E-state index contributed by atoms with van der Waals surface area (Å²) in [6.07, 6.45) is 3.96. The largest absolute Gasteiger partial charge is 0.381 e. The Bertz CT molecular complexity index is 649. The van der Waals surface area contributed by atoms with Gasteiger partial charge in [-0.3, -0.25) is 0 Å². The van der Waals surface area contributed by atoms with Gasteiger partial charge in [-0.2, -0.15) is 0 Å². The summed E-state index contributed by atoms with van der Waals surface area (Å²) in [6.45, 7) is 11.8. The smallest absolute Gasteiger partial charge is 0.191 e. The topological polar surface area (TPSA) is 74.3 Å². The summed E-state index contributed by atoms with van der Waals surface area (Å²) in [5.74, 6) is 2.48. The second-order valence-corrected chi connectivity index (χ2v) is 8.06. The Morgan fingerprint density at radius 2 is 2.13 bits per heavy atom. The lowest BCUT2D eigenvalue weighted by Gasteiger charge is -2.34. The first-order valence-electron chi connectivity index (χ1n) is 11.3. The number of nitrogens with one attached hydrogen (secondary N) is 2. The van der Waals surface area contributed by atoms with Gasteiger partial charge in [-0.15, -0.1) is 24.0 Å². The maximum atomic E-state index is 5.78. The van der Waals surface area contributed by atoms with E-state index in [-0.39, 0.29) is 24.0 Å². The molecule has 2 aliphatic rings. The number of nitrogens with zero attached hydrogens (tertiary/aromatic N) is 4. The van der Waals surface area contributed by atoms with Crippen molar-refractivity contribution in [3.8, 4) is 0 Å². The number of likely N-dealkylation sites (N-methyl/N-ethyl adjacent to an activating group) is 1. The third kappa shape index (κ3) is 9.07. The highest BCUT2D eigenvalue weighted by molar-refractivity contribution is 14.0. The molecular weight excluding hydrogens is 507 g/mol. The molecule has 2 aliphatic heterocycles. The number of hydrogen-bond acceptors (Lipinski definition) is 6. The number of guanidine groups is 1. The first-order valence-corrected chi connectivity index (χ1v) is 11.3. The Labute approximate surface area is 204 Å². The van der Waals surface area contributed by atoms with Gasteiger partial charge in [0.15, 0.2) is 5.96 Å². The van der Waals surface area contributed by atoms with E-state index in [1.54, 1.807) is 0 Å². The van der Waals surface area contributed by atoms with E-state index in [2.05, 4.69) is 45.5 Å². The summed E-state index contributed by atoms with van der Waals surface area (Å²) >= 11 is 0. The lowest BCUT2D eigenvalue weighted by atomic mass is 10.1. The van der Waals surface area contributed by atoms with E-state index in [0.717, 1.165) is 90.3 Å². The molecule has 1 aromatic rings. The number of rotatable bonds is 10. The molecule has 2 N–H and O–H groups in total. The first-order chi connectivity index (χ1) is 14.8. The summed E-state index contributed by atoms with van der Waals surface area (Å²) in [4.78, 5) is 14.2. The van der Waals surface area contributed by atoms with Crippen molar-refractivity contribution in [2.45, 2.75) is 26.3 Å². The second kappa shape index (κ2) is 14.8. The number of aliphatic imine (C=N–C) groups is 1. The minimum Gasteiger partial charge on any atom is -0.381 e. The molecule has 176 valence electrons. The summed E-state index contributed by atoms with van der Waals surface area (Å²) in [7, 11) is 2.17.